The summed E-state index contributed by atoms with van der Waals surface area (Å²) in [5.74, 6) is -0.287. The van der Waals surface area contributed by atoms with Crippen molar-refractivity contribution in [2.45, 2.75) is 58.5 Å². The number of nitrogens with zero attached hydrogens (tertiary/aromatic N) is 1. The number of fused-ring (bicyclic) bond motifs is 1. The summed E-state index contributed by atoms with van der Waals surface area (Å²) in [4.78, 5) is 25.7. The molecule has 10 heteroatoms. The Bertz CT molecular complexity index is 1290. The molecule has 4 rings (SSSR count). The first kappa shape index (κ1) is 26.9. The van der Waals surface area contributed by atoms with Crippen molar-refractivity contribution in [3.05, 3.63) is 46.5 Å². The second kappa shape index (κ2) is 10.7. The summed E-state index contributed by atoms with van der Waals surface area (Å²) in [7, 11) is -3.70. The van der Waals surface area contributed by atoms with Crippen LogP contribution >= 0.6 is 0 Å². The summed E-state index contributed by atoms with van der Waals surface area (Å²) in [5, 5.41) is 2.73. The van der Waals surface area contributed by atoms with Crippen molar-refractivity contribution < 1.29 is 32.2 Å². The molecule has 9 nitrogen and oxygen atoms in total. The number of sulfonamides is 1. The topological polar surface area (TPSA) is 111 Å². The van der Waals surface area contributed by atoms with Crippen LogP contribution in [0.3, 0.4) is 0 Å². The smallest absolute Gasteiger partial charge is 0.309 e. The Morgan fingerprint density at radius 3 is 2.19 bits per heavy atom. The molecular weight excluding hydrogens is 496 g/mol. The van der Waals surface area contributed by atoms with Crippen molar-refractivity contribution >= 4 is 27.6 Å². The Morgan fingerprint density at radius 1 is 0.973 bits per heavy atom. The predicted octanol–water partition coefficient (Wildman–Crippen LogP) is 3.66. The normalized spacial score (nSPS) is 17.2. The average molecular weight is 531 g/mol. The third kappa shape index (κ3) is 5.60. The van der Waals surface area contributed by atoms with Crippen molar-refractivity contribution in [1.29, 1.82) is 0 Å². The molecule has 0 aromatic heterocycles. The maximum absolute atomic E-state index is 13.5. The van der Waals surface area contributed by atoms with E-state index in [0.29, 0.717) is 48.1 Å². The van der Waals surface area contributed by atoms with Crippen molar-refractivity contribution in [3.63, 3.8) is 0 Å². The van der Waals surface area contributed by atoms with Crippen LogP contribution in [0.25, 0.3) is 0 Å². The second-order valence-electron chi connectivity index (χ2n) is 9.69. The van der Waals surface area contributed by atoms with Gasteiger partial charge < -0.3 is 19.5 Å². The van der Waals surface area contributed by atoms with E-state index in [4.69, 9.17) is 14.2 Å². The molecule has 1 N–H and O–H groups in total. The van der Waals surface area contributed by atoms with E-state index in [2.05, 4.69) is 5.32 Å². The van der Waals surface area contributed by atoms with Crippen LogP contribution in [0.5, 0.6) is 11.5 Å². The Hall–Kier alpha value is -3.11. The lowest BCUT2D eigenvalue weighted by Gasteiger charge is -2.31. The zero-order chi connectivity index (χ0) is 26.9. The van der Waals surface area contributed by atoms with Crippen LogP contribution in [-0.4, -0.2) is 57.0 Å². The summed E-state index contributed by atoms with van der Waals surface area (Å²) >= 11 is 0. The lowest BCUT2D eigenvalue weighted by molar-refractivity contribution is -0.158. The number of esters is 1. The Balaban J connectivity index is 1.34. The number of aryl methyl sites for hydroxylation is 2. The Labute approximate surface area is 218 Å². The number of anilines is 1. The van der Waals surface area contributed by atoms with Crippen molar-refractivity contribution in [3.8, 4) is 11.5 Å². The summed E-state index contributed by atoms with van der Waals surface area (Å²) in [6, 6.07) is 7.06. The molecule has 1 saturated heterocycles. The molecule has 2 aromatic rings. The molecule has 0 spiro atoms. The van der Waals surface area contributed by atoms with Gasteiger partial charge in [0, 0.05) is 24.8 Å². The van der Waals surface area contributed by atoms with Crippen LogP contribution < -0.4 is 14.8 Å². The summed E-state index contributed by atoms with van der Waals surface area (Å²) in [6.07, 6.45) is -0.349. The van der Waals surface area contributed by atoms with Gasteiger partial charge in [-0.25, -0.2) is 8.42 Å². The number of carbonyl (C=O) groups excluding carboxylic acids is 2. The van der Waals surface area contributed by atoms with Gasteiger partial charge in [0.25, 0.3) is 5.91 Å². The van der Waals surface area contributed by atoms with Crippen molar-refractivity contribution in [2.24, 2.45) is 5.92 Å². The molecular formula is C27H34N2O7S. The number of amides is 1. The minimum absolute atomic E-state index is 0.214. The third-order valence-electron chi connectivity index (χ3n) is 7.15. The van der Waals surface area contributed by atoms with Gasteiger partial charge in [-0.15, -0.1) is 0 Å². The van der Waals surface area contributed by atoms with Crippen LogP contribution in [0.15, 0.2) is 29.2 Å². The molecule has 200 valence electrons. The molecule has 0 saturated carbocycles. The quantitative estimate of drug-likeness (QED) is 0.568. The lowest BCUT2D eigenvalue weighted by atomic mass is 9.98. The standard InChI is InChI=1S/C27H34N2O7S/c1-16-14-17(2)19(4)25(18(16)3)37(32,33)29-10-8-21(9-11-29)27(31)36-20(5)26(30)28-22-6-7-23-24(15-22)35-13-12-34-23/h6-7,14-15,20-21H,8-13H2,1-5H3,(H,28,30)/t20-/m1/s1. The summed E-state index contributed by atoms with van der Waals surface area (Å²) in [5.41, 5.74) is 3.88. The van der Waals surface area contributed by atoms with Gasteiger partial charge >= 0.3 is 5.97 Å². The Kier molecular flexibility index (Phi) is 7.80. The zero-order valence-corrected chi connectivity index (χ0v) is 22.7. The first-order chi connectivity index (χ1) is 17.5. The number of hydrogen-bond acceptors (Lipinski definition) is 7. The fourth-order valence-corrected chi connectivity index (χ4v) is 6.76. The van der Waals surface area contributed by atoms with Crippen LogP contribution in [0.4, 0.5) is 5.69 Å². The SMILES string of the molecule is Cc1cc(C)c(C)c(S(=O)(=O)N2CCC(C(=O)O[C@H](C)C(=O)Nc3ccc4c(c3)OCCO4)CC2)c1C. The van der Waals surface area contributed by atoms with E-state index < -0.39 is 33.9 Å². The van der Waals surface area contributed by atoms with E-state index >= 15 is 0 Å². The van der Waals surface area contributed by atoms with E-state index in [9.17, 15) is 18.0 Å². The van der Waals surface area contributed by atoms with Gasteiger partial charge in [0.05, 0.1) is 10.8 Å². The number of rotatable bonds is 6. The highest BCUT2D eigenvalue weighted by Crippen LogP contribution is 2.33. The molecule has 1 atom stereocenters. The van der Waals surface area contributed by atoms with E-state index in [1.807, 2.05) is 33.8 Å². The molecule has 2 heterocycles. The molecule has 0 aliphatic carbocycles. The largest absolute Gasteiger partial charge is 0.486 e. The van der Waals surface area contributed by atoms with Crippen LogP contribution in [-0.2, 0) is 24.3 Å². The molecule has 37 heavy (non-hydrogen) atoms. The zero-order valence-electron chi connectivity index (χ0n) is 21.9. The Morgan fingerprint density at radius 2 is 1.57 bits per heavy atom. The molecule has 1 amide bonds. The highest BCUT2D eigenvalue weighted by atomic mass is 32.2. The van der Waals surface area contributed by atoms with Crippen LogP contribution in [0.2, 0.25) is 0 Å². The first-order valence-electron chi connectivity index (χ1n) is 12.5. The van der Waals surface area contributed by atoms with Gasteiger partial charge in [0.1, 0.15) is 13.2 Å². The van der Waals surface area contributed by atoms with Gasteiger partial charge in [-0.3, -0.25) is 9.59 Å². The molecule has 2 aromatic carbocycles. The molecule has 0 unspecified atom stereocenters. The lowest BCUT2D eigenvalue weighted by Crippen LogP contribution is -2.42. The van der Waals surface area contributed by atoms with Gasteiger partial charge in [-0.2, -0.15) is 4.31 Å². The van der Waals surface area contributed by atoms with Crippen molar-refractivity contribution in [2.75, 3.05) is 31.6 Å². The fraction of sp³-hybridized carbons (Fsp3) is 0.481. The highest BCUT2D eigenvalue weighted by Gasteiger charge is 2.35. The number of ether oxygens (including phenoxy) is 3. The number of benzene rings is 2. The molecule has 2 aliphatic heterocycles. The van der Waals surface area contributed by atoms with Crippen LogP contribution in [0, 0.1) is 33.6 Å². The van der Waals surface area contributed by atoms with Gasteiger partial charge in [-0.1, -0.05) is 6.07 Å². The number of hydrogen-bond donors (Lipinski definition) is 1. The minimum Gasteiger partial charge on any atom is -0.486 e. The fourth-order valence-electron chi connectivity index (χ4n) is 4.72. The van der Waals surface area contributed by atoms with Crippen molar-refractivity contribution in [1.82, 2.24) is 4.31 Å². The van der Waals surface area contributed by atoms with Crippen LogP contribution in [0.1, 0.15) is 42.0 Å². The molecule has 0 bridgehead atoms. The van der Waals surface area contributed by atoms with E-state index in [-0.39, 0.29) is 13.1 Å². The molecule has 1 fully saturated rings. The van der Waals surface area contributed by atoms with E-state index in [1.54, 1.807) is 18.2 Å². The summed E-state index contributed by atoms with van der Waals surface area (Å²) in [6.45, 7) is 10.3. The monoisotopic (exact) mass is 530 g/mol. The molecule has 0 radical (unpaired) electrons. The predicted molar refractivity (Wildman–Crippen MR) is 138 cm³/mol. The van der Waals surface area contributed by atoms with E-state index in [0.717, 1.165) is 22.3 Å². The van der Waals surface area contributed by atoms with Gasteiger partial charge in [0.2, 0.25) is 10.0 Å². The average Bonchev–Trinajstić information content (AvgIpc) is 2.87. The second-order valence-corrected chi connectivity index (χ2v) is 11.6. The molecule has 2 aliphatic rings. The van der Waals surface area contributed by atoms with Gasteiger partial charge in [-0.05, 0) is 81.8 Å². The maximum atomic E-state index is 13.5. The van der Waals surface area contributed by atoms with E-state index in [1.165, 1.54) is 11.2 Å². The highest BCUT2D eigenvalue weighted by molar-refractivity contribution is 7.89. The first-order valence-corrected chi connectivity index (χ1v) is 13.9. The number of carbonyl (C=O) groups is 2. The van der Waals surface area contributed by atoms with Gasteiger partial charge in [0.15, 0.2) is 17.6 Å². The summed E-state index contributed by atoms with van der Waals surface area (Å²) < 4.78 is 44.8. The third-order valence-corrected chi connectivity index (χ3v) is 9.33. The number of nitrogens with one attached hydrogen (secondary N) is 1. The maximum Gasteiger partial charge on any atom is 0.309 e. The minimum atomic E-state index is -3.70. The number of piperidine rings is 1.